The average Bonchev–Trinajstić information content (AvgIpc) is 2.40. The fourth-order valence-electron chi connectivity index (χ4n) is 2.55. The minimum Gasteiger partial charge on any atom is -0.352 e. The Morgan fingerprint density at radius 3 is 3.11 bits per heavy atom. The van der Waals surface area contributed by atoms with Crippen LogP contribution in [0, 0.1) is 5.92 Å². The van der Waals surface area contributed by atoms with Gasteiger partial charge in [-0.05, 0) is 32.1 Å². The molecule has 0 aliphatic carbocycles. The molecule has 4 nitrogen and oxygen atoms in total. The summed E-state index contributed by atoms with van der Waals surface area (Å²) >= 11 is 5.81. The number of nitrogens with zero attached hydrogens (tertiary/aromatic N) is 3. The van der Waals surface area contributed by atoms with E-state index in [2.05, 4.69) is 9.88 Å². The zero-order valence-corrected chi connectivity index (χ0v) is 11.6. The largest absolute Gasteiger partial charge is 0.352 e. The second kappa shape index (κ2) is 6.23. The van der Waals surface area contributed by atoms with Crippen LogP contribution >= 0.6 is 11.6 Å². The number of piperidine rings is 1. The molecule has 2 rings (SSSR count). The van der Waals surface area contributed by atoms with Crippen molar-refractivity contribution in [2.24, 2.45) is 5.92 Å². The average molecular weight is 270 g/mol. The van der Waals surface area contributed by atoms with Crippen LogP contribution in [0.3, 0.4) is 0 Å². The van der Waals surface area contributed by atoms with Crippen LogP contribution in [-0.2, 0) is 6.54 Å². The summed E-state index contributed by atoms with van der Waals surface area (Å²) in [5, 5.41) is 0. The Labute approximate surface area is 113 Å². The molecule has 0 spiro atoms. The predicted octanol–water partition coefficient (Wildman–Crippen LogP) is 2.11. The first-order valence-electron chi connectivity index (χ1n) is 6.62. The molecule has 1 atom stereocenters. The van der Waals surface area contributed by atoms with Crippen LogP contribution in [-0.4, -0.2) is 28.5 Å². The maximum Gasteiger partial charge on any atom is 0.293 e. The van der Waals surface area contributed by atoms with Crippen LogP contribution in [0.15, 0.2) is 17.2 Å². The van der Waals surface area contributed by atoms with Gasteiger partial charge in [0, 0.05) is 37.9 Å². The lowest BCUT2D eigenvalue weighted by atomic mass is 9.96. The Bertz CT molecular complexity index is 444. The van der Waals surface area contributed by atoms with Gasteiger partial charge in [0.05, 0.1) is 0 Å². The topological polar surface area (TPSA) is 38.1 Å². The van der Waals surface area contributed by atoms with Gasteiger partial charge in [0.1, 0.15) is 0 Å². The lowest BCUT2D eigenvalue weighted by molar-refractivity contribution is 0.403. The zero-order valence-electron chi connectivity index (χ0n) is 10.8. The number of anilines is 1. The molecule has 0 radical (unpaired) electrons. The minimum absolute atomic E-state index is 0.0199. The number of rotatable bonds is 4. The molecule has 1 aliphatic heterocycles. The van der Waals surface area contributed by atoms with Crippen LogP contribution in [0.25, 0.3) is 0 Å². The fraction of sp³-hybridized carbons (Fsp3) is 0.692. The number of aromatic nitrogens is 2. The van der Waals surface area contributed by atoms with E-state index in [4.69, 9.17) is 11.6 Å². The van der Waals surface area contributed by atoms with Crippen molar-refractivity contribution in [1.82, 2.24) is 9.55 Å². The Balaban J connectivity index is 2.18. The van der Waals surface area contributed by atoms with Gasteiger partial charge in [-0.1, -0.05) is 0 Å². The van der Waals surface area contributed by atoms with E-state index in [1.54, 1.807) is 17.0 Å². The molecule has 1 unspecified atom stereocenters. The van der Waals surface area contributed by atoms with E-state index >= 15 is 0 Å². The Kier molecular flexibility index (Phi) is 4.64. The molecule has 0 N–H and O–H groups in total. The molecule has 0 saturated carbocycles. The normalized spacial score (nSPS) is 20.1. The smallest absolute Gasteiger partial charge is 0.293 e. The highest BCUT2D eigenvalue weighted by Crippen LogP contribution is 2.22. The highest BCUT2D eigenvalue weighted by atomic mass is 35.5. The van der Waals surface area contributed by atoms with E-state index in [0.717, 1.165) is 25.9 Å². The van der Waals surface area contributed by atoms with E-state index in [1.165, 1.54) is 6.42 Å². The number of hydrogen-bond acceptors (Lipinski definition) is 3. The molecule has 1 aliphatic rings. The third kappa shape index (κ3) is 2.86. The van der Waals surface area contributed by atoms with Crippen molar-refractivity contribution in [2.45, 2.75) is 32.7 Å². The highest BCUT2D eigenvalue weighted by Gasteiger charge is 2.22. The highest BCUT2D eigenvalue weighted by molar-refractivity contribution is 6.17. The van der Waals surface area contributed by atoms with Gasteiger partial charge in [0.2, 0.25) is 0 Å². The van der Waals surface area contributed by atoms with Crippen molar-refractivity contribution in [3.8, 4) is 0 Å². The van der Waals surface area contributed by atoms with Gasteiger partial charge in [-0.2, -0.15) is 0 Å². The molecule has 0 amide bonds. The Morgan fingerprint density at radius 2 is 2.39 bits per heavy atom. The number of hydrogen-bond donors (Lipinski definition) is 0. The second-order valence-electron chi connectivity index (χ2n) is 4.77. The van der Waals surface area contributed by atoms with E-state index < -0.39 is 0 Å². The SMILES string of the molecule is CCn1ccnc(N2CCCC(CCCl)C2)c1=O. The van der Waals surface area contributed by atoms with Crippen LogP contribution < -0.4 is 10.5 Å². The van der Waals surface area contributed by atoms with E-state index in [1.807, 2.05) is 6.92 Å². The van der Waals surface area contributed by atoms with Gasteiger partial charge >= 0.3 is 0 Å². The summed E-state index contributed by atoms with van der Waals surface area (Å²) in [6, 6.07) is 0. The molecular formula is C13H20ClN3O. The molecule has 1 saturated heterocycles. The number of alkyl halides is 1. The van der Waals surface area contributed by atoms with Gasteiger partial charge < -0.3 is 9.47 Å². The van der Waals surface area contributed by atoms with Crippen molar-refractivity contribution in [3.05, 3.63) is 22.7 Å². The van der Waals surface area contributed by atoms with Crippen molar-refractivity contribution >= 4 is 17.4 Å². The van der Waals surface area contributed by atoms with Gasteiger partial charge in [-0.3, -0.25) is 4.79 Å². The summed E-state index contributed by atoms with van der Waals surface area (Å²) in [5.41, 5.74) is 0.0199. The van der Waals surface area contributed by atoms with Crippen molar-refractivity contribution in [1.29, 1.82) is 0 Å². The zero-order chi connectivity index (χ0) is 13.0. The summed E-state index contributed by atoms with van der Waals surface area (Å²) < 4.78 is 1.70. The van der Waals surface area contributed by atoms with Crippen LogP contribution in [0.5, 0.6) is 0 Å². The summed E-state index contributed by atoms with van der Waals surface area (Å²) in [5.74, 6) is 1.88. The first-order valence-corrected chi connectivity index (χ1v) is 7.16. The van der Waals surface area contributed by atoms with Gasteiger partial charge in [0.25, 0.3) is 5.56 Å². The summed E-state index contributed by atoms with van der Waals surface area (Å²) in [6.07, 6.45) is 6.80. The van der Waals surface area contributed by atoms with E-state index in [9.17, 15) is 4.79 Å². The number of halogens is 1. The van der Waals surface area contributed by atoms with Crippen molar-refractivity contribution < 1.29 is 0 Å². The first kappa shape index (κ1) is 13.4. The fourth-order valence-corrected chi connectivity index (χ4v) is 2.86. The molecule has 0 bridgehead atoms. The molecular weight excluding hydrogens is 250 g/mol. The first-order chi connectivity index (χ1) is 8.76. The molecule has 1 aromatic rings. The van der Waals surface area contributed by atoms with Crippen molar-refractivity contribution in [3.63, 3.8) is 0 Å². The molecule has 1 fully saturated rings. The predicted molar refractivity (Wildman–Crippen MR) is 74.4 cm³/mol. The molecule has 5 heteroatoms. The molecule has 18 heavy (non-hydrogen) atoms. The van der Waals surface area contributed by atoms with Crippen LogP contribution in [0.2, 0.25) is 0 Å². The lowest BCUT2D eigenvalue weighted by Gasteiger charge is -2.33. The number of aryl methyl sites for hydroxylation is 1. The molecule has 100 valence electrons. The molecule has 1 aromatic heterocycles. The minimum atomic E-state index is 0.0199. The van der Waals surface area contributed by atoms with E-state index in [-0.39, 0.29) is 5.56 Å². The monoisotopic (exact) mass is 269 g/mol. The summed E-state index contributed by atoms with van der Waals surface area (Å²) in [7, 11) is 0. The quantitative estimate of drug-likeness (QED) is 0.786. The Hall–Kier alpha value is -1.03. The maximum absolute atomic E-state index is 12.2. The molecule has 2 heterocycles. The molecule has 0 aromatic carbocycles. The second-order valence-corrected chi connectivity index (χ2v) is 5.15. The maximum atomic E-state index is 12.2. The third-order valence-corrected chi connectivity index (χ3v) is 3.79. The Morgan fingerprint density at radius 1 is 1.56 bits per heavy atom. The summed E-state index contributed by atoms with van der Waals surface area (Å²) in [6.45, 7) is 4.49. The lowest BCUT2D eigenvalue weighted by Crippen LogP contribution is -2.40. The van der Waals surface area contributed by atoms with E-state index in [0.29, 0.717) is 24.2 Å². The van der Waals surface area contributed by atoms with Gasteiger partial charge in [0.15, 0.2) is 5.82 Å². The van der Waals surface area contributed by atoms with Gasteiger partial charge in [-0.15, -0.1) is 11.6 Å². The summed E-state index contributed by atoms with van der Waals surface area (Å²) in [4.78, 5) is 18.6. The van der Waals surface area contributed by atoms with Crippen LogP contribution in [0.1, 0.15) is 26.2 Å². The third-order valence-electron chi connectivity index (χ3n) is 3.57. The van der Waals surface area contributed by atoms with Crippen molar-refractivity contribution in [2.75, 3.05) is 23.9 Å². The van der Waals surface area contributed by atoms with Crippen LogP contribution in [0.4, 0.5) is 5.82 Å². The van der Waals surface area contributed by atoms with Gasteiger partial charge in [-0.25, -0.2) is 4.98 Å². The standard InChI is InChI=1S/C13H20ClN3O/c1-2-16-9-7-15-12(13(16)18)17-8-3-4-11(10-17)5-6-14/h7,9,11H,2-6,8,10H2,1H3.